The summed E-state index contributed by atoms with van der Waals surface area (Å²) in [6.45, 7) is 9.03. The van der Waals surface area contributed by atoms with E-state index in [2.05, 4.69) is 24.2 Å². The van der Waals surface area contributed by atoms with Gasteiger partial charge in [0.15, 0.2) is 0 Å². The van der Waals surface area contributed by atoms with Crippen LogP contribution in [0.15, 0.2) is 36.5 Å². The fourth-order valence-corrected chi connectivity index (χ4v) is 2.03. The Balaban J connectivity index is 2.15. The molecule has 0 aliphatic carbocycles. The molecule has 1 aromatic heterocycles. The van der Waals surface area contributed by atoms with Gasteiger partial charge in [-0.3, -0.25) is 4.68 Å². The van der Waals surface area contributed by atoms with Crippen LogP contribution in [0.4, 0.5) is 0 Å². The summed E-state index contributed by atoms with van der Waals surface area (Å²) in [5, 5.41) is 14.4. The first kappa shape index (κ1) is 14.8. The Morgan fingerprint density at radius 2 is 1.85 bits per heavy atom. The van der Waals surface area contributed by atoms with Crippen LogP contribution in [-0.2, 0) is 6.54 Å². The summed E-state index contributed by atoms with van der Waals surface area (Å²) in [5.41, 5.74) is 3.17. The number of aliphatic hydroxyl groups excluding tert-OH is 1. The maximum atomic E-state index is 10.1. The zero-order valence-corrected chi connectivity index (χ0v) is 12.7. The summed E-state index contributed by atoms with van der Waals surface area (Å²) in [6.07, 6.45) is 3.28. The van der Waals surface area contributed by atoms with Crippen LogP contribution in [0.1, 0.15) is 33.3 Å². The zero-order chi connectivity index (χ0) is 14.8. The van der Waals surface area contributed by atoms with E-state index in [1.807, 2.05) is 56.3 Å². The molecule has 0 amide bonds. The second-order valence-electron chi connectivity index (χ2n) is 6.13. The molecule has 2 aromatic rings. The zero-order valence-electron chi connectivity index (χ0n) is 12.7. The summed E-state index contributed by atoms with van der Waals surface area (Å²) >= 11 is 0. The van der Waals surface area contributed by atoms with Gasteiger partial charge in [0.05, 0.1) is 11.8 Å². The number of aryl methyl sites for hydroxylation is 1. The van der Waals surface area contributed by atoms with E-state index in [1.165, 1.54) is 0 Å². The molecule has 0 bridgehead atoms. The van der Waals surface area contributed by atoms with Crippen molar-refractivity contribution in [3.05, 3.63) is 48.5 Å². The fraction of sp³-hybridized carbons (Fsp3) is 0.412. The highest BCUT2D eigenvalue weighted by molar-refractivity contribution is 5.60. The van der Waals surface area contributed by atoms with Gasteiger partial charge in [0.2, 0.25) is 0 Å². The lowest BCUT2D eigenvalue weighted by Gasteiger charge is -2.25. The summed E-state index contributed by atoms with van der Waals surface area (Å²) in [6, 6.07) is 10.2. The third-order valence-electron chi connectivity index (χ3n) is 3.46. The average molecular weight is 271 g/mol. The minimum atomic E-state index is -0.450. The minimum Gasteiger partial charge on any atom is -0.392 e. The molecular formula is C17H23N2O. The highest BCUT2D eigenvalue weighted by atomic mass is 16.3. The topological polar surface area (TPSA) is 38.0 Å². The number of aliphatic hydroxyl groups is 1. The molecule has 2 rings (SSSR count). The lowest BCUT2D eigenvalue weighted by molar-refractivity contribution is 0.0941. The van der Waals surface area contributed by atoms with Crippen molar-refractivity contribution >= 4 is 0 Å². The third kappa shape index (κ3) is 3.28. The highest BCUT2D eigenvalue weighted by Crippen LogP contribution is 2.25. The molecule has 0 spiro atoms. The molecule has 1 N–H and O–H groups in total. The first-order chi connectivity index (χ1) is 9.41. The average Bonchev–Trinajstić information content (AvgIpc) is 2.86. The van der Waals surface area contributed by atoms with E-state index in [1.54, 1.807) is 0 Å². The number of hydrogen-bond donors (Lipinski definition) is 1. The molecule has 3 nitrogen and oxygen atoms in total. The van der Waals surface area contributed by atoms with Gasteiger partial charge < -0.3 is 5.11 Å². The van der Waals surface area contributed by atoms with E-state index in [9.17, 15) is 5.11 Å². The normalized spacial score (nSPS) is 13.4. The molecule has 0 fully saturated rings. The molecule has 1 heterocycles. The number of aromatic nitrogens is 2. The van der Waals surface area contributed by atoms with Crippen LogP contribution >= 0.6 is 0 Å². The fourth-order valence-electron chi connectivity index (χ4n) is 2.03. The summed E-state index contributed by atoms with van der Waals surface area (Å²) in [7, 11) is 0. The predicted octanol–water partition coefficient (Wildman–Crippen LogP) is 3.53. The molecule has 0 saturated carbocycles. The molecular weight excluding hydrogens is 248 g/mol. The maximum absolute atomic E-state index is 10.1. The van der Waals surface area contributed by atoms with Gasteiger partial charge in [-0.1, -0.05) is 45.0 Å². The van der Waals surface area contributed by atoms with Crippen molar-refractivity contribution in [1.29, 1.82) is 0 Å². The van der Waals surface area contributed by atoms with E-state index in [0.717, 1.165) is 23.4 Å². The summed E-state index contributed by atoms with van der Waals surface area (Å²) < 4.78 is 1.97. The van der Waals surface area contributed by atoms with Crippen LogP contribution in [0.3, 0.4) is 0 Å². The molecule has 107 valence electrons. The Bertz CT molecular complexity index is 549. The van der Waals surface area contributed by atoms with Gasteiger partial charge in [-0.05, 0) is 29.5 Å². The lowest BCUT2D eigenvalue weighted by Crippen LogP contribution is -2.26. The number of benzene rings is 1. The van der Waals surface area contributed by atoms with E-state index in [0.29, 0.717) is 0 Å². The van der Waals surface area contributed by atoms with Gasteiger partial charge in [0.25, 0.3) is 0 Å². The minimum absolute atomic E-state index is 0.139. The van der Waals surface area contributed by atoms with Crippen LogP contribution in [0.5, 0.6) is 0 Å². The quantitative estimate of drug-likeness (QED) is 0.923. The van der Waals surface area contributed by atoms with E-state index >= 15 is 0 Å². The van der Waals surface area contributed by atoms with Crippen molar-refractivity contribution in [3.8, 4) is 11.3 Å². The Hall–Kier alpha value is -1.61. The lowest BCUT2D eigenvalue weighted by atomic mass is 9.85. The molecule has 0 saturated heterocycles. The van der Waals surface area contributed by atoms with Crippen molar-refractivity contribution in [2.45, 2.75) is 40.3 Å². The Morgan fingerprint density at radius 3 is 2.40 bits per heavy atom. The Kier molecular flexibility index (Phi) is 4.29. The Morgan fingerprint density at radius 1 is 1.20 bits per heavy atom. The number of hydrogen-bond acceptors (Lipinski definition) is 2. The van der Waals surface area contributed by atoms with E-state index in [4.69, 9.17) is 0 Å². The molecule has 1 atom stereocenters. The predicted molar refractivity (Wildman–Crippen MR) is 82.2 cm³/mol. The van der Waals surface area contributed by atoms with E-state index < -0.39 is 6.10 Å². The van der Waals surface area contributed by atoms with Gasteiger partial charge in [0, 0.05) is 19.2 Å². The largest absolute Gasteiger partial charge is 0.392 e. The molecule has 3 heteroatoms. The molecule has 1 radical (unpaired) electrons. The van der Waals surface area contributed by atoms with Crippen LogP contribution in [0.2, 0.25) is 0 Å². The summed E-state index contributed by atoms with van der Waals surface area (Å²) in [5.74, 6) is 0. The van der Waals surface area contributed by atoms with Crippen LogP contribution in [0, 0.1) is 11.8 Å². The molecule has 1 aromatic carbocycles. The molecule has 1 unspecified atom stereocenters. The van der Waals surface area contributed by atoms with Crippen molar-refractivity contribution in [2.75, 3.05) is 0 Å². The number of nitrogens with zero attached hydrogens (tertiary/aromatic N) is 2. The van der Waals surface area contributed by atoms with Crippen LogP contribution in [-0.4, -0.2) is 21.0 Å². The molecule has 0 aliphatic rings. The third-order valence-corrected chi connectivity index (χ3v) is 3.46. The monoisotopic (exact) mass is 271 g/mol. The standard InChI is InChI=1S/C17H23N2O/c1-5-19-15(10-11-18-19)14-8-6-13(7-9-14)12-16(20)17(2,3)4/h6-12,16,20H,5H2,1-4H3. The van der Waals surface area contributed by atoms with Gasteiger partial charge >= 0.3 is 0 Å². The highest BCUT2D eigenvalue weighted by Gasteiger charge is 2.22. The first-order valence-electron chi connectivity index (χ1n) is 7.07. The van der Waals surface area contributed by atoms with Crippen LogP contribution in [0.25, 0.3) is 11.3 Å². The first-order valence-corrected chi connectivity index (χ1v) is 7.07. The van der Waals surface area contributed by atoms with Gasteiger partial charge in [0.1, 0.15) is 0 Å². The number of rotatable bonds is 4. The van der Waals surface area contributed by atoms with Crippen molar-refractivity contribution < 1.29 is 5.11 Å². The van der Waals surface area contributed by atoms with E-state index in [-0.39, 0.29) is 5.41 Å². The maximum Gasteiger partial charge on any atom is 0.0682 e. The van der Waals surface area contributed by atoms with Gasteiger partial charge in [-0.15, -0.1) is 0 Å². The Labute approximate surface area is 121 Å². The second-order valence-corrected chi connectivity index (χ2v) is 6.13. The smallest absolute Gasteiger partial charge is 0.0682 e. The second kappa shape index (κ2) is 5.80. The van der Waals surface area contributed by atoms with Crippen molar-refractivity contribution in [2.24, 2.45) is 5.41 Å². The molecule has 0 aliphatic heterocycles. The van der Waals surface area contributed by atoms with Gasteiger partial charge in [-0.2, -0.15) is 5.10 Å². The van der Waals surface area contributed by atoms with Crippen LogP contribution < -0.4 is 0 Å². The SMILES string of the molecule is CCn1nccc1-c1ccc([CH]C(O)C(C)(C)C)cc1. The molecule has 20 heavy (non-hydrogen) atoms. The van der Waals surface area contributed by atoms with Crippen molar-refractivity contribution in [1.82, 2.24) is 9.78 Å². The summed E-state index contributed by atoms with van der Waals surface area (Å²) in [4.78, 5) is 0. The van der Waals surface area contributed by atoms with Gasteiger partial charge in [-0.25, -0.2) is 0 Å². The van der Waals surface area contributed by atoms with Crippen molar-refractivity contribution in [3.63, 3.8) is 0 Å².